The second kappa shape index (κ2) is 6.86. The molecule has 0 saturated heterocycles. The fraction of sp³-hybridized carbons (Fsp3) is 0.375. The van der Waals surface area contributed by atoms with Gasteiger partial charge in [-0.25, -0.2) is 4.39 Å². The molecule has 0 aliphatic carbocycles. The van der Waals surface area contributed by atoms with Crippen LogP contribution < -0.4 is 10.6 Å². The number of anilines is 1. The van der Waals surface area contributed by atoms with Crippen LogP contribution in [0.2, 0.25) is 0 Å². The number of halogens is 1. The van der Waals surface area contributed by atoms with Crippen LogP contribution in [0.5, 0.6) is 0 Å². The average molecular weight is 292 g/mol. The fourth-order valence-electron chi connectivity index (χ4n) is 2.40. The Bertz CT molecular complexity index is 553. The molecule has 1 aromatic carbocycles. The number of thiophene rings is 1. The quantitative estimate of drug-likeness (QED) is 0.872. The molecule has 0 fully saturated rings. The molecule has 2 rings (SSSR count). The third kappa shape index (κ3) is 3.19. The van der Waals surface area contributed by atoms with E-state index >= 15 is 0 Å². The first-order valence-corrected chi connectivity index (χ1v) is 7.82. The van der Waals surface area contributed by atoms with Crippen molar-refractivity contribution in [1.29, 1.82) is 0 Å². The lowest BCUT2D eigenvalue weighted by Gasteiger charge is -2.31. The highest BCUT2D eigenvalue weighted by Crippen LogP contribution is 2.31. The maximum absolute atomic E-state index is 13.4. The summed E-state index contributed by atoms with van der Waals surface area (Å²) in [4.78, 5) is 4.76. The van der Waals surface area contributed by atoms with Crippen LogP contribution in [0.1, 0.15) is 29.6 Å². The molecule has 0 amide bonds. The molecule has 0 aliphatic rings. The van der Waals surface area contributed by atoms with Gasteiger partial charge in [-0.1, -0.05) is 13.0 Å². The molecule has 2 aromatic rings. The van der Waals surface area contributed by atoms with Gasteiger partial charge < -0.3 is 10.6 Å². The van der Waals surface area contributed by atoms with Gasteiger partial charge in [-0.15, -0.1) is 11.3 Å². The van der Waals surface area contributed by atoms with Crippen molar-refractivity contribution in [2.24, 2.45) is 5.73 Å². The number of likely N-dealkylation sites (N-methyl/N-ethyl adjacent to an activating group) is 1. The van der Waals surface area contributed by atoms with E-state index in [4.69, 9.17) is 5.73 Å². The van der Waals surface area contributed by atoms with E-state index in [1.54, 1.807) is 23.5 Å². The number of aryl methyl sites for hydroxylation is 1. The van der Waals surface area contributed by atoms with Crippen molar-refractivity contribution in [1.82, 2.24) is 0 Å². The van der Waals surface area contributed by atoms with E-state index in [1.807, 2.05) is 6.07 Å². The topological polar surface area (TPSA) is 29.3 Å². The van der Waals surface area contributed by atoms with E-state index in [0.717, 1.165) is 18.7 Å². The molecule has 20 heavy (non-hydrogen) atoms. The third-order valence-electron chi connectivity index (χ3n) is 3.44. The molecule has 2 nitrogen and oxygen atoms in total. The highest BCUT2D eigenvalue weighted by molar-refractivity contribution is 7.12. The third-order valence-corrected chi connectivity index (χ3v) is 4.77. The van der Waals surface area contributed by atoms with Gasteiger partial charge >= 0.3 is 0 Å². The number of hydrogen-bond acceptors (Lipinski definition) is 3. The molecular weight excluding hydrogens is 271 g/mol. The van der Waals surface area contributed by atoms with Crippen molar-refractivity contribution in [3.63, 3.8) is 0 Å². The summed E-state index contributed by atoms with van der Waals surface area (Å²) < 4.78 is 13.4. The lowest BCUT2D eigenvalue weighted by atomic mass is 10.1. The summed E-state index contributed by atoms with van der Waals surface area (Å²) in [5.41, 5.74) is 6.86. The van der Waals surface area contributed by atoms with Crippen molar-refractivity contribution in [3.05, 3.63) is 52.0 Å². The normalized spacial score (nSPS) is 12.4. The first kappa shape index (κ1) is 15.0. The standard InChI is InChI=1S/C16H21FN2S/c1-3-14-8-9-16(20-14)15(11-18)19(4-2)13-7-5-6-12(17)10-13/h5-10,15H,3-4,11,18H2,1-2H3. The molecule has 0 spiro atoms. The zero-order chi connectivity index (χ0) is 14.5. The lowest BCUT2D eigenvalue weighted by Crippen LogP contribution is -2.33. The van der Waals surface area contributed by atoms with E-state index < -0.39 is 0 Å². The summed E-state index contributed by atoms with van der Waals surface area (Å²) in [6, 6.07) is 11.1. The van der Waals surface area contributed by atoms with E-state index in [-0.39, 0.29) is 11.9 Å². The second-order valence-electron chi connectivity index (χ2n) is 4.68. The van der Waals surface area contributed by atoms with E-state index in [1.165, 1.54) is 15.8 Å². The molecule has 1 unspecified atom stereocenters. The Morgan fingerprint density at radius 1 is 1.25 bits per heavy atom. The van der Waals surface area contributed by atoms with Gasteiger partial charge in [0.05, 0.1) is 6.04 Å². The molecule has 0 bridgehead atoms. The molecular formula is C16H21FN2S. The van der Waals surface area contributed by atoms with Gasteiger partial charge in [0.2, 0.25) is 0 Å². The summed E-state index contributed by atoms with van der Waals surface area (Å²) in [6.45, 7) is 5.54. The van der Waals surface area contributed by atoms with Gasteiger partial charge in [0, 0.05) is 28.5 Å². The predicted octanol–water partition coefficient (Wildman–Crippen LogP) is 3.98. The molecule has 1 heterocycles. The van der Waals surface area contributed by atoms with Crippen molar-refractivity contribution < 1.29 is 4.39 Å². The molecule has 1 aromatic heterocycles. The Morgan fingerprint density at radius 2 is 2.05 bits per heavy atom. The van der Waals surface area contributed by atoms with Crippen LogP contribution in [0.15, 0.2) is 36.4 Å². The van der Waals surface area contributed by atoms with E-state index in [0.29, 0.717) is 6.54 Å². The van der Waals surface area contributed by atoms with E-state index in [2.05, 4.69) is 30.9 Å². The molecule has 108 valence electrons. The summed E-state index contributed by atoms with van der Waals surface area (Å²) in [5, 5.41) is 0. The molecule has 4 heteroatoms. The highest BCUT2D eigenvalue weighted by atomic mass is 32.1. The van der Waals surface area contributed by atoms with Crippen molar-refractivity contribution in [2.75, 3.05) is 18.0 Å². The number of hydrogen-bond donors (Lipinski definition) is 1. The van der Waals surface area contributed by atoms with Gasteiger partial charge in [-0.05, 0) is 43.7 Å². The van der Waals surface area contributed by atoms with Gasteiger partial charge in [0.1, 0.15) is 5.82 Å². The monoisotopic (exact) mass is 292 g/mol. The maximum atomic E-state index is 13.4. The van der Waals surface area contributed by atoms with Gasteiger partial charge in [0.25, 0.3) is 0 Å². The van der Waals surface area contributed by atoms with Crippen LogP contribution in [0, 0.1) is 5.82 Å². The van der Waals surface area contributed by atoms with Gasteiger partial charge in [-0.3, -0.25) is 0 Å². The Hall–Kier alpha value is -1.39. The average Bonchev–Trinajstić information content (AvgIpc) is 2.93. The second-order valence-corrected chi connectivity index (χ2v) is 5.87. The molecule has 1 atom stereocenters. The van der Waals surface area contributed by atoms with Crippen molar-refractivity contribution in [2.45, 2.75) is 26.3 Å². The minimum atomic E-state index is -0.211. The number of nitrogens with two attached hydrogens (primary N) is 1. The largest absolute Gasteiger partial charge is 0.363 e. The SMILES string of the molecule is CCc1ccc(C(CN)N(CC)c2cccc(F)c2)s1. The first-order valence-electron chi connectivity index (χ1n) is 7.00. The predicted molar refractivity (Wildman–Crippen MR) is 84.9 cm³/mol. The number of nitrogens with zero attached hydrogens (tertiary/aromatic N) is 1. The molecule has 0 aliphatic heterocycles. The minimum absolute atomic E-state index is 0.104. The number of rotatable bonds is 6. The number of benzene rings is 1. The zero-order valence-electron chi connectivity index (χ0n) is 12.0. The van der Waals surface area contributed by atoms with Crippen LogP contribution in [0.3, 0.4) is 0 Å². The first-order chi connectivity index (χ1) is 9.69. The molecule has 0 radical (unpaired) electrons. The summed E-state index contributed by atoms with van der Waals surface area (Å²) in [5.74, 6) is -0.211. The summed E-state index contributed by atoms with van der Waals surface area (Å²) in [7, 11) is 0. The van der Waals surface area contributed by atoms with Crippen LogP contribution >= 0.6 is 11.3 Å². The Morgan fingerprint density at radius 3 is 2.60 bits per heavy atom. The van der Waals surface area contributed by atoms with Crippen LogP contribution in [0.25, 0.3) is 0 Å². The Labute approximate surface area is 124 Å². The van der Waals surface area contributed by atoms with Crippen LogP contribution in [0.4, 0.5) is 10.1 Å². The van der Waals surface area contributed by atoms with Crippen LogP contribution in [-0.2, 0) is 6.42 Å². The zero-order valence-corrected chi connectivity index (χ0v) is 12.8. The Balaban J connectivity index is 2.32. The van der Waals surface area contributed by atoms with Gasteiger partial charge in [-0.2, -0.15) is 0 Å². The van der Waals surface area contributed by atoms with E-state index in [9.17, 15) is 4.39 Å². The fourth-order valence-corrected chi connectivity index (χ4v) is 3.48. The minimum Gasteiger partial charge on any atom is -0.363 e. The highest BCUT2D eigenvalue weighted by Gasteiger charge is 2.20. The van der Waals surface area contributed by atoms with Crippen molar-refractivity contribution in [3.8, 4) is 0 Å². The van der Waals surface area contributed by atoms with Gasteiger partial charge in [0.15, 0.2) is 0 Å². The molecule has 0 saturated carbocycles. The summed E-state index contributed by atoms with van der Waals surface area (Å²) >= 11 is 1.79. The summed E-state index contributed by atoms with van der Waals surface area (Å²) in [6.07, 6.45) is 1.04. The van der Waals surface area contributed by atoms with Crippen molar-refractivity contribution >= 4 is 17.0 Å². The Kier molecular flexibility index (Phi) is 5.15. The smallest absolute Gasteiger partial charge is 0.125 e. The molecule has 2 N–H and O–H groups in total. The lowest BCUT2D eigenvalue weighted by molar-refractivity contribution is 0.618. The van der Waals surface area contributed by atoms with Crippen LogP contribution in [-0.4, -0.2) is 13.1 Å². The maximum Gasteiger partial charge on any atom is 0.125 e.